The Morgan fingerprint density at radius 1 is 1.03 bits per heavy atom. The Hall–Kier alpha value is -1.99. The molecule has 3 aliphatic rings. The van der Waals surface area contributed by atoms with Crippen LogP contribution in [0.15, 0.2) is 64.1 Å². The molecule has 1 saturated heterocycles. The standard InChI is InChI=1S/C28H32Cl2N4OS/c1-16(2)23-24(26(35)33-14-17(3)31-18(4)15-33)36-27-32-28(5,20-8-12-22(30)13-9-20)25(34(23)27)19-6-10-21(29)11-7-19/h6-13,16-18,25,31H,14-15H2,1-5H3/t17-,18+,25?,28?. The van der Waals surface area contributed by atoms with E-state index >= 15 is 0 Å². The van der Waals surface area contributed by atoms with Gasteiger partial charge in [0.2, 0.25) is 0 Å². The van der Waals surface area contributed by atoms with Gasteiger partial charge in [0.1, 0.15) is 10.4 Å². The third-order valence-electron chi connectivity index (χ3n) is 7.21. The quantitative estimate of drug-likeness (QED) is 0.482. The van der Waals surface area contributed by atoms with E-state index in [0.717, 1.165) is 26.9 Å². The van der Waals surface area contributed by atoms with Gasteiger partial charge in [0, 0.05) is 40.9 Å². The normalized spacial score (nSPS) is 28.1. The van der Waals surface area contributed by atoms with Crippen LogP contribution in [0.2, 0.25) is 10.0 Å². The molecule has 3 heterocycles. The third-order valence-corrected chi connectivity index (χ3v) is 8.77. The molecule has 1 fully saturated rings. The number of allylic oxidation sites excluding steroid dienone is 1. The van der Waals surface area contributed by atoms with Crippen molar-refractivity contribution in [1.82, 2.24) is 15.1 Å². The molecule has 0 radical (unpaired) electrons. The van der Waals surface area contributed by atoms with Crippen molar-refractivity contribution >= 4 is 46.0 Å². The van der Waals surface area contributed by atoms with Crippen molar-refractivity contribution in [2.75, 3.05) is 13.1 Å². The van der Waals surface area contributed by atoms with Gasteiger partial charge < -0.3 is 15.1 Å². The maximum Gasteiger partial charge on any atom is 0.262 e. The second-order valence-electron chi connectivity index (χ2n) is 10.5. The summed E-state index contributed by atoms with van der Waals surface area (Å²) in [5.41, 5.74) is 2.66. The Balaban J connectivity index is 1.61. The number of amides is 1. The van der Waals surface area contributed by atoms with Crippen LogP contribution < -0.4 is 5.32 Å². The van der Waals surface area contributed by atoms with E-state index in [4.69, 9.17) is 28.2 Å². The van der Waals surface area contributed by atoms with E-state index in [0.29, 0.717) is 23.1 Å². The predicted molar refractivity (Wildman–Crippen MR) is 150 cm³/mol. The van der Waals surface area contributed by atoms with Gasteiger partial charge in [0.15, 0.2) is 5.17 Å². The highest BCUT2D eigenvalue weighted by Crippen LogP contribution is 2.56. The van der Waals surface area contributed by atoms with Crippen LogP contribution in [0.5, 0.6) is 0 Å². The summed E-state index contributed by atoms with van der Waals surface area (Å²) in [6.45, 7) is 12.2. The summed E-state index contributed by atoms with van der Waals surface area (Å²) in [6, 6.07) is 16.3. The number of carbonyl (C=O) groups excluding carboxylic acids is 1. The molecular weight excluding hydrogens is 511 g/mol. The molecule has 4 atom stereocenters. The number of hydrogen-bond donors (Lipinski definition) is 1. The number of rotatable bonds is 4. The lowest BCUT2D eigenvalue weighted by Gasteiger charge is -2.38. The van der Waals surface area contributed by atoms with Crippen LogP contribution in [0.25, 0.3) is 0 Å². The minimum atomic E-state index is -0.562. The molecule has 1 amide bonds. The summed E-state index contributed by atoms with van der Waals surface area (Å²) in [5, 5.41) is 5.78. The summed E-state index contributed by atoms with van der Waals surface area (Å²) in [5.74, 6) is 0.244. The molecule has 2 aromatic rings. The van der Waals surface area contributed by atoms with Gasteiger partial charge in [-0.3, -0.25) is 4.79 Å². The van der Waals surface area contributed by atoms with Crippen LogP contribution in [-0.2, 0) is 10.3 Å². The molecule has 5 rings (SSSR count). The van der Waals surface area contributed by atoms with Crippen molar-refractivity contribution in [3.8, 4) is 0 Å². The van der Waals surface area contributed by atoms with Crippen LogP contribution in [-0.4, -0.2) is 46.0 Å². The molecule has 0 bridgehead atoms. The molecule has 2 aromatic carbocycles. The number of carbonyl (C=O) groups is 1. The zero-order valence-corrected chi connectivity index (χ0v) is 23.6. The highest BCUT2D eigenvalue weighted by atomic mass is 35.5. The van der Waals surface area contributed by atoms with E-state index in [1.165, 1.54) is 11.8 Å². The van der Waals surface area contributed by atoms with Gasteiger partial charge in [-0.2, -0.15) is 0 Å². The number of nitrogens with one attached hydrogen (secondary N) is 1. The summed E-state index contributed by atoms with van der Waals surface area (Å²) in [4.78, 5) is 24.3. The van der Waals surface area contributed by atoms with Crippen LogP contribution >= 0.6 is 35.0 Å². The fourth-order valence-electron chi connectivity index (χ4n) is 5.70. The van der Waals surface area contributed by atoms with E-state index in [1.807, 2.05) is 29.2 Å². The van der Waals surface area contributed by atoms with E-state index < -0.39 is 5.54 Å². The molecule has 8 heteroatoms. The number of aliphatic imine (C=N–C) groups is 1. The van der Waals surface area contributed by atoms with Crippen molar-refractivity contribution in [1.29, 1.82) is 0 Å². The van der Waals surface area contributed by atoms with E-state index in [-0.39, 0.29) is 30.0 Å². The molecule has 5 nitrogen and oxygen atoms in total. The topological polar surface area (TPSA) is 47.9 Å². The minimum Gasteiger partial charge on any atom is -0.335 e. The first-order valence-corrected chi connectivity index (χ1v) is 14.0. The lowest BCUT2D eigenvalue weighted by atomic mass is 9.81. The van der Waals surface area contributed by atoms with Crippen molar-refractivity contribution in [3.63, 3.8) is 0 Å². The first-order valence-electron chi connectivity index (χ1n) is 12.5. The number of thioether (sulfide) groups is 1. The first-order chi connectivity index (χ1) is 17.1. The molecule has 36 heavy (non-hydrogen) atoms. The number of hydrogen-bond acceptors (Lipinski definition) is 5. The average Bonchev–Trinajstić information content (AvgIpc) is 3.31. The van der Waals surface area contributed by atoms with Gasteiger partial charge in [-0.05, 0) is 73.8 Å². The third kappa shape index (κ3) is 4.47. The summed E-state index contributed by atoms with van der Waals surface area (Å²) < 4.78 is 0. The monoisotopic (exact) mass is 542 g/mol. The van der Waals surface area contributed by atoms with Crippen molar-refractivity contribution in [2.45, 2.75) is 58.3 Å². The minimum absolute atomic E-state index is 0.101. The molecule has 0 aromatic heterocycles. The largest absolute Gasteiger partial charge is 0.335 e. The molecule has 0 aliphatic carbocycles. The second-order valence-corrected chi connectivity index (χ2v) is 12.4. The molecule has 0 saturated carbocycles. The highest BCUT2D eigenvalue weighted by Gasteiger charge is 2.53. The Labute approximate surface area is 227 Å². The Kier molecular flexibility index (Phi) is 6.92. The molecular formula is C28H32Cl2N4OS. The smallest absolute Gasteiger partial charge is 0.262 e. The van der Waals surface area contributed by atoms with Gasteiger partial charge in [0.05, 0.1) is 6.04 Å². The molecule has 3 aliphatic heterocycles. The van der Waals surface area contributed by atoms with Gasteiger partial charge in [-0.25, -0.2) is 4.99 Å². The predicted octanol–water partition coefficient (Wildman–Crippen LogP) is 6.44. The molecule has 190 valence electrons. The zero-order chi connectivity index (χ0) is 25.8. The fraction of sp³-hybridized carbons (Fsp3) is 0.429. The van der Waals surface area contributed by atoms with Gasteiger partial charge in [-0.1, -0.05) is 61.3 Å². The van der Waals surface area contributed by atoms with E-state index in [1.54, 1.807) is 0 Å². The molecule has 2 unspecified atom stereocenters. The Morgan fingerprint density at radius 2 is 1.58 bits per heavy atom. The van der Waals surface area contributed by atoms with E-state index in [2.05, 4.69) is 69.1 Å². The van der Waals surface area contributed by atoms with Crippen LogP contribution in [0, 0.1) is 5.92 Å². The maximum absolute atomic E-state index is 13.9. The second kappa shape index (κ2) is 9.71. The number of nitrogens with zero attached hydrogens (tertiary/aromatic N) is 3. The van der Waals surface area contributed by atoms with Gasteiger partial charge in [-0.15, -0.1) is 0 Å². The van der Waals surface area contributed by atoms with Crippen LogP contribution in [0.1, 0.15) is 51.8 Å². The van der Waals surface area contributed by atoms with Gasteiger partial charge in [0.25, 0.3) is 5.91 Å². The first kappa shape index (κ1) is 25.7. The zero-order valence-electron chi connectivity index (χ0n) is 21.3. The summed E-state index contributed by atoms with van der Waals surface area (Å²) in [6.07, 6.45) is 0. The maximum atomic E-state index is 13.9. The molecule has 1 N–H and O–H groups in total. The lowest BCUT2D eigenvalue weighted by molar-refractivity contribution is -0.128. The summed E-state index contributed by atoms with van der Waals surface area (Å²) in [7, 11) is 0. The molecule has 0 spiro atoms. The number of piperazine rings is 1. The number of halogens is 2. The average molecular weight is 544 g/mol. The van der Waals surface area contributed by atoms with Crippen molar-refractivity contribution in [2.24, 2.45) is 10.9 Å². The van der Waals surface area contributed by atoms with Gasteiger partial charge >= 0.3 is 0 Å². The van der Waals surface area contributed by atoms with Crippen molar-refractivity contribution < 1.29 is 4.79 Å². The summed E-state index contributed by atoms with van der Waals surface area (Å²) >= 11 is 14.0. The highest BCUT2D eigenvalue weighted by molar-refractivity contribution is 8.18. The van der Waals surface area contributed by atoms with Crippen LogP contribution in [0.4, 0.5) is 0 Å². The lowest BCUT2D eigenvalue weighted by Crippen LogP contribution is -2.56. The number of fused-ring (bicyclic) bond motifs is 1. The van der Waals surface area contributed by atoms with Crippen molar-refractivity contribution in [3.05, 3.63) is 80.3 Å². The van der Waals surface area contributed by atoms with E-state index in [9.17, 15) is 4.79 Å². The SMILES string of the molecule is CC(C)C1=C(C(=O)N2C[C@@H](C)N[C@@H](C)C2)SC2=NC(C)(c3ccc(Cl)cc3)C(c3ccc(Cl)cc3)N21. The fourth-order valence-corrected chi connectivity index (χ4v) is 7.33. The number of amidine groups is 1. The Bertz CT molecular complexity index is 1220. The number of benzene rings is 2. The Morgan fingerprint density at radius 3 is 2.14 bits per heavy atom. The van der Waals surface area contributed by atoms with Crippen LogP contribution in [0.3, 0.4) is 0 Å².